The van der Waals surface area contributed by atoms with E-state index in [1.54, 1.807) is 11.3 Å². The number of aryl methyl sites for hydroxylation is 1. The predicted octanol–water partition coefficient (Wildman–Crippen LogP) is 4.41. The molecule has 3 heteroatoms. The van der Waals surface area contributed by atoms with Gasteiger partial charge < -0.3 is 9.73 Å². The van der Waals surface area contributed by atoms with Gasteiger partial charge in [-0.05, 0) is 54.1 Å². The Morgan fingerprint density at radius 2 is 2.12 bits per heavy atom. The van der Waals surface area contributed by atoms with Gasteiger partial charge in [0.25, 0.3) is 0 Å². The Bertz CT molecular complexity index is 638. The van der Waals surface area contributed by atoms with Crippen LogP contribution in [0.3, 0.4) is 0 Å². The third-order valence-electron chi connectivity index (χ3n) is 2.72. The maximum absolute atomic E-state index is 5.52. The molecule has 0 atom stereocenters. The number of fused-ring (bicyclic) bond motifs is 1. The van der Waals surface area contributed by atoms with E-state index in [0.717, 1.165) is 23.8 Å². The second-order valence-corrected chi connectivity index (χ2v) is 4.99. The van der Waals surface area contributed by atoms with Crippen LogP contribution in [0, 0.1) is 6.92 Å². The quantitative estimate of drug-likeness (QED) is 0.737. The number of anilines is 1. The number of thiophene rings is 1. The Balaban J connectivity index is 1.76. The molecule has 0 bridgehead atoms. The summed E-state index contributed by atoms with van der Waals surface area (Å²) in [6.45, 7) is 2.68. The highest BCUT2D eigenvalue weighted by molar-refractivity contribution is 7.17. The summed E-state index contributed by atoms with van der Waals surface area (Å²) >= 11 is 1.77. The lowest BCUT2D eigenvalue weighted by Gasteiger charge is -2.04. The average molecular weight is 243 g/mol. The number of hydrogen-bond donors (Lipinski definition) is 1. The molecule has 0 saturated carbocycles. The summed E-state index contributed by atoms with van der Waals surface area (Å²) in [7, 11) is 0. The van der Waals surface area contributed by atoms with Gasteiger partial charge in [-0.1, -0.05) is 0 Å². The SMILES string of the molecule is Cc1ccc(CNc2ccc3sccc3c2)o1. The van der Waals surface area contributed by atoms with Gasteiger partial charge in [-0.15, -0.1) is 11.3 Å². The Morgan fingerprint density at radius 1 is 1.18 bits per heavy atom. The molecular formula is C14H13NOS. The van der Waals surface area contributed by atoms with E-state index in [0.29, 0.717) is 0 Å². The molecule has 2 heterocycles. The van der Waals surface area contributed by atoms with E-state index < -0.39 is 0 Å². The van der Waals surface area contributed by atoms with Crippen molar-refractivity contribution in [3.8, 4) is 0 Å². The largest absolute Gasteiger partial charge is 0.465 e. The summed E-state index contributed by atoms with van der Waals surface area (Å²) in [6, 6.07) is 12.6. The molecule has 2 nitrogen and oxygen atoms in total. The summed E-state index contributed by atoms with van der Waals surface area (Å²) in [6.07, 6.45) is 0. The Kier molecular flexibility index (Phi) is 2.61. The first kappa shape index (κ1) is 10.4. The van der Waals surface area contributed by atoms with Gasteiger partial charge in [-0.25, -0.2) is 0 Å². The zero-order chi connectivity index (χ0) is 11.7. The summed E-state index contributed by atoms with van der Waals surface area (Å²) in [5, 5.41) is 6.77. The van der Waals surface area contributed by atoms with Crippen LogP contribution in [0.1, 0.15) is 11.5 Å². The molecule has 0 aliphatic carbocycles. The highest BCUT2D eigenvalue weighted by atomic mass is 32.1. The third kappa shape index (κ3) is 2.19. The lowest BCUT2D eigenvalue weighted by Crippen LogP contribution is -1.97. The molecule has 0 aliphatic rings. The molecule has 0 aliphatic heterocycles. The van der Waals surface area contributed by atoms with Crippen LogP contribution in [0.2, 0.25) is 0 Å². The number of hydrogen-bond acceptors (Lipinski definition) is 3. The number of nitrogens with one attached hydrogen (secondary N) is 1. The van der Waals surface area contributed by atoms with Gasteiger partial charge in [0, 0.05) is 10.4 Å². The molecule has 86 valence electrons. The fraction of sp³-hybridized carbons (Fsp3) is 0.143. The van der Waals surface area contributed by atoms with Crippen molar-refractivity contribution in [3.63, 3.8) is 0 Å². The van der Waals surface area contributed by atoms with E-state index in [-0.39, 0.29) is 0 Å². The van der Waals surface area contributed by atoms with Crippen LogP contribution in [0.5, 0.6) is 0 Å². The molecule has 1 aromatic carbocycles. The molecule has 0 saturated heterocycles. The molecular weight excluding hydrogens is 230 g/mol. The molecule has 1 N–H and O–H groups in total. The van der Waals surface area contributed by atoms with E-state index in [2.05, 4.69) is 35.0 Å². The zero-order valence-corrected chi connectivity index (χ0v) is 10.4. The van der Waals surface area contributed by atoms with Crippen molar-refractivity contribution in [1.29, 1.82) is 0 Å². The van der Waals surface area contributed by atoms with Crippen molar-refractivity contribution < 1.29 is 4.42 Å². The van der Waals surface area contributed by atoms with Gasteiger partial charge in [0.2, 0.25) is 0 Å². The van der Waals surface area contributed by atoms with E-state index in [9.17, 15) is 0 Å². The highest BCUT2D eigenvalue weighted by Gasteiger charge is 2.00. The summed E-state index contributed by atoms with van der Waals surface area (Å²) in [5.41, 5.74) is 1.13. The average Bonchev–Trinajstić information content (AvgIpc) is 2.94. The monoisotopic (exact) mass is 243 g/mol. The molecule has 0 radical (unpaired) electrons. The molecule has 17 heavy (non-hydrogen) atoms. The van der Waals surface area contributed by atoms with E-state index >= 15 is 0 Å². The lowest BCUT2D eigenvalue weighted by molar-refractivity contribution is 0.490. The molecule has 0 amide bonds. The smallest absolute Gasteiger partial charge is 0.123 e. The van der Waals surface area contributed by atoms with Gasteiger partial charge in [-0.2, -0.15) is 0 Å². The van der Waals surface area contributed by atoms with Crippen LogP contribution < -0.4 is 5.32 Å². The molecule has 0 fully saturated rings. The topological polar surface area (TPSA) is 25.2 Å². The fourth-order valence-electron chi connectivity index (χ4n) is 1.85. The van der Waals surface area contributed by atoms with Crippen LogP contribution >= 0.6 is 11.3 Å². The molecule has 3 rings (SSSR count). The minimum atomic E-state index is 0.726. The molecule has 3 aromatic rings. The maximum Gasteiger partial charge on any atom is 0.123 e. The van der Waals surface area contributed by atoms with E-state index in [1.807, 2.05) is 19.1 Å². The number of furan rings is 1. The van der Waals surface area contributed by atoms with E-state index in [4.69, 9.17) is 4.42 Å². The van der Waals surface area contributed by atoms with Crippen molar-refractivity contribution >= 4 is 27.1 Å². The standard InChI is InChI=1S/C14H13NOS/c1-10-2-4-13(16-10)9-15-12-3-5-14-11(8-12)6-7-17-14/h2-8,15H,9H2,1H3. The van der Waals surface area contributed by atoms with Crippen LogP contribution in [0.15, 0.2) is 46.2 Å². The Labute approximate surface area is 104 Å². The van der Waals surface area contributed by atoms with Crippen LogP contribution in [0.4, 0.5) is 5.69 Å². The van der Waals surface area contributed by atoms with Crippen molar-refractivity contribution in [2.75, 3.05) is 5.32 Å². The first-order valence-corrected chi connectivity index (χ1v) is 6.46. The van der Waals surface area contributed by atoms with Gasteiger partial charge >= 0.3 is 0 Å². The van der Waals surface area contributed by atoms with Gasteiger partial charge in [0.15, 0.2) is 0 Å². The van der Waals surface area contributed by atoms with Gasteiger partial charge in [-0.3, -0.25) is 0 Å². The normalized spacial score (nSPS) is 10.9. The zero-order valence-electron chi connectivity index (χ0n) is 9.57. The third-order valence-corrected chi connectivity index (χ3v) is 3.61. The van der Waals surface area contributed by atoms with Crippen LogP contribution in [0.25, 0.3) is 10.1 Å². The molecule has 0 unspecified atom stereocenters. The molecule has 2 aromatic heterocycles. The van der Waals surface area contributed by atoms with Gasteiger partial charge in [0.1, 0.15) is 11.5 Å². The van der Waals surface area contributed by atoms with Crippen LogP contribution in [-0.2, 0) is 6.54 Å². The van der Waals surface area contributed by atoms with E-state index in [1.165, 1.54) is 10.1 Å². The lowest BCUT2D eigenvalue weighted by atomic mass is 10.2. The van der Waals surface area contributed by atoms with Crippen molar-refractivity contribution in [2.24, 2.45) is 0 Å². The number of benzene rings is 1. The fourth-order valence-corrected chi connectivity index (χ4v) is 2.62. The van der Waals surface area contributed by atoms with Crippen molar-refractivity contribution in [3.05, 3.63) is 53.3 Å². The van der Waals surface area contributed by atoms with Crippen molar-refractivity contribution in [1.82, 2.24) is 0 Å². The first-order chi connectivity index (χ1) is 8.31. The number of rotatable bonds is 3. The minimum Gasteiger partial charge on any atom is -0.465 e. The Morgan fingerprint density at radius 3 is 2.94 bits per heavy atom. The summed E-state index contributed by atoms with van der Waals surface area (Å²) in [5.74, 6) is 1.92. The molecule has 0 spiro atoms. The summed E-state index contributed by atoms with van der Waals surface area (Å²) < 4.78 is 6.84. The van der Waals surface area contributed by atoms with Crippen LogP contribution in [-0.4, -0.2) is 0 Å². The highest BCUT2D eigenvalue weighted by Crippen LogP contribution is 2.24. The first-order valence-electron chi connectivity index (χ1n) is 5.58. The van der Waals surface area contributed by atoms with Crippen molar-refractivity contribution in [2.45, 2.75) is 13.5 Å². The predicted molar refractivity (Wildman–Crippen MR) is 72.6 cm³/mol. The second-order valence-electron chi connectivity index (χ2n) is 4.04. The minimum absolute atomic E-state index is 0.726. The van der Waals surface area contributed by atoms with Gasteiger partial charge in [0.05, 0.1) is 6.54 Å². The summed E-state index contributed by atoms with van der Waals surface area (Å²) in [4.78, 5) is 0. The second kappa shape index (κ2) is 4.26. The Hall–Kier alpha value is -1.74. The maximum atomic E-state index is 5.52.